The molecule has 688 valence electrons. The normalized spacial score (nSPS) is 14.5. The number of hydrogen-bond acceptors (Lipinski definition) is 26. The van der Waals surface area contributed by atoms with Crippen molar-refractivity contribution in [1.29, 1.82) is 0 Å². The Bertz CT molecular complexity index is 5650. The average molecular weight is 1800 g/mol. The zero-order valence-corrected chi connectivity index (χ0v) is 75.3. The number of aliphatic hydroxyl groups is 1. The molecule has 5 heterocycles. The molecule has 15 amide bonds. The lowest BCUT2D eigenvalue weighted by Gasteiger charge is -2.31. The van der Waals surface area contributed by atoms with Crippen molar-refractivity contribution in [3.63, 3.8) is 0 Å². The van der Waals surface area contributed by atoms with E-state index in [4.69, 9.17) is 18.9 Å². The van der Waals surface area contributed by atoms with E-state index in [0.717, 1.165) is 50.4 Å². The van der Waals surface area contributed by atoms with Crippen LogP contribution in [0, 0.1) is 18.7 Å². The van der Waals surface area contributed by atoms with Crippen molar-refractivity contribution in [1.82, 2.24) is 89.6 Å². The monoisotopic (exact) mass is 1800 g/mol. The first-order valence-corrected chi connectivity index (χ1v) is 42.4. The molecule has 0 saturated heterocycles. The first kappa shape index (κ1) is 98.1. The smallest absolute Gasteiger partial charge is 0.407 e. The van der Waals surface area contributed by atoms with Crippen molar-refractivity contribution in [2.45, 2.75) is 116 Å². The molecular formula is C84H106FN19O23S. The predicted molar refractivity (Wildman–Crippen MR) is 454 cm³/mol. The summed E-state index contributed by atoms with van der Waals surface area (Å²) in [7, 11) is 10.8. The van der Waals surface area contributed by atoms with E-state index in [1.807, 2.05) is 0 Å². The molecular weight excluding hydrogens is 1690 g/mol. The number of ether oxygens (including phenoxy) is 2. The summed E-state index contributed by atoms with van der Waals surface area (Å²) in [4.78, 5) is 244. The van der Waals surface area contributed by atoms with E-state index in [2.05, 4.69) is 31.5 Å². The number of benzene rings is 3. The number of nitrogens with zero attached hydrogens (tertiary/aromatic N) is 15. The Morgan fingerprint density at radius 3 is 1.54 bits per heavy atom. The fraction of sp³-hybridized carbons (Fsp3) is 0.476. The number of likely N-dealkylation sites (N-methyl/N-ethyl adjacent to an activating group) is 11. The standard InChI is InChI=1S/C84H106FN19O23S/c1-19-84(122)57-29-61-75-55(32-104(61)80(119)56(57)44-125-81(84)120)73-59(27-26-54-46(4)58(85)30-60(88-75)72(54)73)89-82(121)126-43-51-24-25-53(87-76(116)47(5)86-78(118)74(45(2)3)90-77(117)49-20-22-50(23-21-49)79-91-92-83(127-79)128(18,123)124)28-52(51)31-94(8)63(107)34-96(10)65(109)36-98(12)67(111)38-100(14)69(113)40-102(16)71(115)42-103(17)70(114)41-101(15)68(112)39-99(13)66(110)37-97(11)64(108)35-95(9)62(106)33-93(7)48(6)105/h20-25,28-30,45,47,59,74,122H,19,26-27,31-44H2,1-18H3,(H,86,118)(H,87,116)(H,89,121)(H,90,117)/t47-,59-,74-,84-/m0/s1. The highest BCUT2D eigenvalue weighted by Gasteiger charge is 2.47. The number of rotatable bonds is 35. The fourth-order valence-corrected chi connectivity index (χ4v) is 14.5. The van der Waals surface area contributed by atoms with Crippen molar-refractivity contribution in [2.24, 2.45) is 5.92 Å². The van der Waals surface area contributed by atoms with Crippen molar-refractivity contribution < 1.29 is 109 Å². The number of anilines is 1. The quantitative estimate of drug-likeness (QED) is 0.0308. The maximum Gasteiger partial charge on any atom is 0.407 e. The van der Waals surface area contributed by atoms with E-state index in [-0.39, 0.29) is 95.5 Å². The molecule has 128 heavy (non-hydrogen) atoms. The lowest BCUT2D eigenvalue weighted by molar-refractivity contribution is -0.172. The van der Waals surface area contributed by atoms with E-state index in [0.29, 0.717) is 38.8 Å². The van der Waals surface area contributed by atoms with Crippen LogP contribution >= 0.6 is 0 Å². The van der Waals surface area contributed by atoms with Crippen LogP contribution in [-0.2, 0) is 125 Å². The van der Waals surface area contributed by atoms with Gasteiger partial charge in [-0.1, -0.05) is 31.9 Å². The Labute approximate surface area is 736 Å². The van der Waals surface area contributed by atoms with E-state index in [9.17, 15) is 95.0 Å². The van der Waals surface area contributed by atoms with Gasteiger partial charge >= 0.3 is 17.3 Å². The van der Waals surface area contributed by atoms with Crippen molar-refractivity contribution in [2.75, 3.05) is 155 Å². The van der Waals surface area contributed by atoms with E-state index in [1.165, 1.54) is 160 Å². The summed E-state index contributed by atoms with van der Waals surface area (Å²) >= 11 is 0. The number of amides is 15. The minimum Gasteiger partial charge on any atom is -0.458 e. The van der Waals surface area contributed by atoms with Gasteiger partial charge in [0, 0.05) is 137 Å². The first-order chi connectivity index (χ1) is 59.9. The van der Waals surface area contributed by atoms with Gasteiger partial charge in [-0.15, -0.1) is 5.10 Å². The molecule has 6 aromatic rings. The number of alkyl carbamates (subject to hydrolysis) is 1. The van der Waals surface area contributed by atoms with Gasteiger partial charge in [0.25, 0.3) is 11.5 Å². The summed E-state index contributed by atoms with van der Waals surface area (Å²) in [6, 6.07) is 9.65. The summed E-state index contributed by atoms with van der Waals surface area (Å²) in [6.07, 6.45) is 0.349. The van der Waals surface area contributed by atoms with Gasteiger partial charge in [0.05, 0.1) is 101 Å². The number of fused-ring (bicyclic) bond motifs is 5. The van der Waals surface area contributed by atoms with Crippen molar-refractivity contribution in [3.8, 4) is 22.8 Å². The number of pyridine rings is 2. The van der Waals surface area contributed by atoms with Gasteiger partial charge < -0.3 is 98.7 Å². The van der Waals surface area contributed by atoms with Crippen LogP contribution in [0.3, 0.4) is 0 Å². The second-order valence-electron chi connectivity index (χ2n) is 32.6. The molecule has 0 spiro atoms. The van der Waals surface area contributed by atoms with Gasteiger partial charge in [0.2, 0.25) is 92.5 Å². The molecule has 0 unspecified atom stereocenters. The average Bonchev–Trinajstić information content (AvgIpc) is 1.51. The van der Waals surface area contributed by atoms with Gasteiger partial charge in [0.15, 0.2) is 5.60 Å². The highest BCUT2D eigenvalue weighted by molar-refractivity contribution is 7.90. The Morgan fingerprint density at radius 2 is 1.09 bits per heavy atom. The molecule has 42 nitrogen and oxygen atoms in total. The lowest BCUT2D eigenvalue weighted by Crippen LogP contribution is -2.53. The molecule has 4 atom stereocenters. The summed E-state index contributed by atoms with van der Waals surface area (Å²) < 4.78 is 57.6. The Morgan fingerprint density at radius 1 is 0.609 bits per heavy atom. The number of nitrogens with one attached hydrogen (secondary N) is 4. The van der Waals surface area contributed by atoms with Gasteiger partial charge in [-0.25, -0.2) is 27.4 Å². The molecule has 9 rings (SSSR count). The van der Waals surface area contributed by atoms with Gasteiger partial charge in [-0.2, -0.15) is 0 Å². The maximum atomic E-state index is 15.8. The molecule has 0 radical (unpaired) electrons. The third-order valence-electron chi connectivity index (χ3n) is 22.5. The third kappa shape index (κ3) is 22.9. The van der Waals surface area contributed by atoms with Crippen LogP contribution in [0.15, 0.2) is 69.0 Å². The number of cyclic esters (lactones) is 1. The highest BCUT2D eigenvalue weighted by atomic mass is 32.2. The van der Waals surface area contributed by atoms with Gasteiger partial charge in [0.1, 0.15) is 31.1 Å². The molecule has 0 saturated carbocycles. The van der Waals surface area contributed by atoms with Crippen LogP contribution in [0.5, 0.6) is 0 Å². The summed E-state index contributed by atoms with van der Waals surface area (Å²) in [5.74, 6) is -11.2. The number of hydrogen-bond donors (Lipinski definition) is 5. The van der Waals surface area contributed by atoms with Crippen LogP contribution in [-0.4, -0.2) is 343 Å². The number of carbonyl (C=O) groups excluding carboxylic acids is 16. The molecule has 3 aliphatic rings. The van der Waals surface area contributed by atoms with Crippen LogP contribution < -0.4 is 26.8 Å². The van der Waals surface area contributed by atoms with Crippen LogP contribution in [0.2, 0.25) is 0 Å². The molecule has 0 fully saturated rings. The number of aryl methyl sites for hydroxylation is 1. The summed E-state index contributed by atoms with van der Waals surface area (Å²) in [6.45, 7) is 3.08. The van der Waals surface area contributed by atoms with Crippen molar-refractivity contribution >= 4 is 121 Å². The second-order valence-corrected chi connectivity index (χ2v) is 34.5. The summed E-state index contributed by atoms with van der Waals surface area (Å²) in [5, 5.41) is 29.9. The van der Waals surface area contributed by atoms with Crippen LogP contribution in [0.4, 0.5) is 14.9 Å². The number of esters is 1. The maximum absolute atomic E-state index is 15.8. The Hall–Kier alpha value is -13.7. The Balaban J connectivity index is 0.816. The highest BCUT2D eigenvalue weighted by Crippen LogP contribution is 2.46. The predicted octanol–water partition coefficient (Wildman–Crippen LogP) is -0.646. The third-order valence-corrected chi connectivity index (χ3v) is 23.3. The van der Waals surface area contributed by atoms with E-state index < -0.39 is 217 Å². The summed E-state index contributed by atoms with van der Waals surface area (Å²) in [5.41, 5.74) is 1.34. The molecule has 0 bridgehead atoms. The van der Waals surface area contributed by atoms with E-state index >= 15 is 4.39 Å². The minimum absolute atomic E-state index is 0.0555. The van der Waals surface area contributed by atoms with Gasteiger partial charge in [-0.05, 0) is 109 Å². The first-order valence-electron chi connectivity index (χ1n) is 40.5. The number of sulfone groups is 1. The number of halogens is 1. The molecule has 5 N–H and O–H groups in total. The molecule has 3 aromatic carbocycles. The molecule has 1 aliphatic carbocycles. The van der Waals surface area contributed by atoms with Gasteiger partial charge in [-0.3, -0.25) is 71.9 Å². The minimum atomic E-state index is -3.80. The zero-order chi connectivity index (χ0) is 94.9. The zero-order valence-electron chi connectivity index (χ0n) is 74.4. The topological polar surface area (TPSA) is 504 Å². The largest absolute Gasteiger partial charge is 0.458 e. The molecule has 2 aliphatic heterocycles. The van der Waals surface area contributed by atoms with Crippen LogP contribution in [0.25, 0.3) is 33.7 Å². The van der Waals surface area contributed by atoms with E-state index in [1.54, 1.807) is 27.7 Å². The second kappa shape index (κ2) is 40.7. The van der Waals surface area contributed by atoms with Crippen molar-refractivity contribution in [3.05, 3.63) is 121 Å². The van der Waals surface area contributed by atoms with Crippen LogP contribution in [0.1, 0.15) is 108 Å². The lowest BCUT2D eigenvalue weighted by atomic mass is 9.81. The molecule has 3 aromatic heterocycles. The molecule has 44 heteroatoms. The number of aromatic nitrogens is 4. The Kier molecular flexibility index (Phi) is 31.2. The SMILES string of the molecule is CC[C@@]1(O)C(=O)OCc2c1cc1n(c2=O)Cc2c-1nc1cc(F)c(C)c3c1c2[C@@H](NC(=O)OCc1ccc(NC(=O)[C@H](C)NC(=O)[C@@H](NC(=O)c2ccc(-c4nnc(S(C)(=O)=O)o4)cc2)C(C)C)cc1CN(C)C(=O)CN(C)C(=O)CN(C)C(=O)CN(C)C(=O)CN(C)C(=O)CN(C)C(=O)CN(C)C(=O)CN(C)C(=O)CN(C)C(=O)CN(C)C(=O)CN(C)C(C)=O)CC3. The number of carbonyl (C=O) groups is 16. The fourth-order valence-electron chi connectivity index (χ4n) is 14.1.